The molecule has 0 aromatic heterocycles. The standard InChI is InChI=1S/C43H81N19O15/c1-20(64)31(61-35(70)24(11-4-6-14-45)55-33(68)22(46)9-7-15-53-42(49)50)39(74)56-23(10-3-5-13-44)34(69)58-26(17-29(47)66)37(72)60-28(19-63)38(73)62-32(21(2)65)40(75)59-27(18-30(48)67)36(71)57-25(41(76)77)12-8-16-54-43(51)52/h20-28,31-32,63-65H,3-19,44-46H2,1-2H3,(H2,47,66)(H2,48,67)(H,55,68)(H,56,74)(H,57,71)(H,58,69)(H,59,75)(H,60,72)(H,61,70)(H,62,73)(H,76,77)(H4,49,50,53)(H4,51,52,54). The van der Waals surface area contributed by atoms with Crippen LogP contribution in [-0.2, 0) is 52.7 Å². The highest BCUT2D eigenvalue weighted by Crippen LogP contribution is 2.09. The Balaban J connectivity index is 6.42. The van der Waals surface area contributed by atoms with Gasteiger partial charge in [-0.05, 0) is 91.1 Å². The average Bonchev–Trinajstić information content (AvgIpc) is 3.33. The van der Waals surface area contributed by atoms with Crippen LogP contribution in [0.1, 0.15) is 90.9 Å². The van der Waals surface area contributed by atoms with Gasteiger partial charge in [0.1, 0.15) is 48.3 Å². The van der Waals surface area contributed by atoms with Gasteiger partial charge in [0.15, 0.2) is 11.9 Å². The van der Waals surface area contributed by atoms with Gasteiger partial charge in [-0.15, -0.1) is 0 Å². The second-order valence-electron chi connectivity index (χ2n) is 17.8. The highest BCUT2D eigenvalue weighted by atomic mass is 16.4. The molecule has 0 heterocycles. The lowest BCUT2D eigenvalue weighted by molar-refractivity contribution is -0.143. The number of hydrogen-bond donors (Lipinski definition) is 21. The molecule has 11 unspecified atom stereocenters. The molecule has 77 heavy (non-hydrogen) atoms. The van der Waals surface area contributed by atoms with E-state index in [4.69, 9.17) is 51.6 Å². The monoisotopic (exact) mass is 1100 g/mol. The molecule has 0 bridgehead atoms. The number of aliphatic imine (C=N–C) groups is 2. The molecule has 10 amide bonds. The normalized spacial score (nSPS) is 15.2. The number of carboxylic acid groups (broad SMARTS) is 1. The summed E-state index contributed by atoms with van der Waals surface area (Å²) in [5, 5.41) is 58.9. The molecule has 0 spiro atoms. The number of hydrogen-bond acceptors (Lipinski definition) is 19. The summed E-state index contributed by atoms with van der Waals surface area (Å²) < 4.78 is 0. The van der Waals surface area contributed by atoms with Crippen molar-refractivity contribution >= 4 is 77.0 Å². The fraction of sp³-hybridized carbons (Fsp3) is 0.698. The number of nitrogens with zero attached hydrogens (tertiary/aromatic N) is 2. The van der Waals surface area contributed by atoms with E-state index in [1.54, 1.807) is 0 Å². The number of aliphatic hydroxyl groups is 3. The number of primary amides is 2. The molecule has 0 saturated carbocycles. The third-order valence-corrected chi connectivity index (χ3v) is 11.0. The van der Waals surface area contributed by atoms with Gasteiger partial charge in [0.2, 0.25) is 59.1 Å². The van der Waals surface area contributed by atoms with Crippen LogP contribution in [0, 0.1) is 0 Å². The third kappa shape index (κ3) is 28.8. The first-order chi connectivity index (χ1) is 36.1. The molecule has 0 rings (SSSR count). The molecule has 0 saturated heterocycles. The fourth-order valence-corrected chi connectivity index (χ4v) is 6.89. The van der Waals surface area contributed by atoms with E-state index in [-0.39, 0.29) is 76.6 Å². The van der Waals surface area contributed by atoms with Crippen LogP contribution in [0.3, 0.4) is 0 Å². The van der Waals surface area contributed by atoms with Crippen molar-refractivity contribution in [1.29, 1.82) is 0 Å². The first-order valence-corrected chi connectivity index (χ1v) is 24.6. The minimum atomic E-state index is -2.00. The van der Waals surface area contributed by atoms with E-state index >= 15 is 0 Å². The maximum atomic E-state index is 13.9. The Labute approximate surface area is 443 Å². The summed E-state index contributed by atoms with van der Waals surface area (Å²) in [6.45, 7) is 1.51. The predicted octanol–water partition coefficient (Wildman–Crippen LogP) is -10.9. The largest absolute Gasteiger partial charge is 0.480 e. The van der Waals surface area contributed by atoms with Gasteiger partial charge in [-0.3, -0.25) is 57.9 Å². The molecule has 0 aliphatic heterocycles. The third-order valence-electron chi connectivity index (χ3n) is 11.0. The van der Waals surface area contributed by atoms with Crippen molar-refractivity contribution < 1.29 is 73.2 Å². The maximum Gasteiger partial charge on any atom is 0.326 e. The number of nitrogens with one attached hydrogen (secondary N) is 8. The van der Waals surface area contributed by atoms with Crippen LogP contribution in [0.4, 0.5) is 0 Å². The van der Waals surface area contributed by atoms with Gasteiger partial charge in [0, 0.05) is 13.1 Å². The lowest BCUT2D eigenvalue weighted by Crippen LogP contribution is -2.63. The van der Waals surface area contributed by atoms with Gasteiger partial charge in [-0.1, -0.05) is 0 Å². The predicted molar refractivity (Wildman–Crippen MR) is 275 cm³/mol. The Kier molecular flexibility index (Phi) is 33.6. The Bertz CT molecular complexity index is 2040. The van der Waals surface area contributed by atoms with E-state index in [1.807, 2.05) is 0 Å². The van der Waals surface area contributed by atoms with Gasteiger partial charge < -0.3 is 115 Å². The van der Waals surface area contributed by atoms with Crippen molar-refractivity contribution in [2.45, 2.75) is 157 Å². The number of carbonyl (C=O) groups is 11. The molecular formula is C43H81N19O15. The number of carbonyl (C=O) groups excluding carboxylic acids is 10. The van der Waals surface area contributed by atoms with E-state index in [9.17, 15) is 73.2 Å². The molecule has 11 atom stereocenters. The first kappa shape index (κ1) is 69.5. The summed E-state index contributed by atoms with van der Waals surface area (Å²) >= 11 is 0. The summed E-state index contributed by atoms with van der Waals surface area (Å²) in [6.07, 6.45) is -3.77. The number of carboxylic acids is 1. The lowest BCUT2D eigenvalue weighted by Gasteiger charge is -2.28. The van der Waals surface area contributed by atoms with Crippen molar-refractivity contribution in [3.63, 3.8) is 0 Å². The highest BCUT2D eigenvalue weighted by molar-refractivity contribution is 6.00. The zero-order valence-electron chi connectivity index (χ0n) is 43.2. The van der Waals surface area contributed by atoms with Gasteiger partial charge in [-0.25, -0.2) is 4.79 Å². The summed E-state index contributed by atoms with van der Waals surface area (Å²) in [5.74, 6) is -13.3. The van der Waals surface area contributed by atoms with Crippen LogP contribution in [-0.4, -0.2) is 197 Å². The molecule has 438 valence electrons. The van der Waals surface area contributed by atoms with Crippen LogP contribution in [0.15, 0.2) is 9.98 Å². The van der Waals surface area contributed by atoms with Crippen LogP contribution in [0.25, 0.3) is 0 Å². The molecule has 0 aliphatic rings. The number of guanidine groups is 2. The number of unbranched alkanes of at least 4 members (excludes halogenated alkanes) is 2. The van der Waals surface area contributed by atoms with Gasteiger partial charge >= 0.3 is 5.97 Å². The van der Waals surface area contributed by atoms with Crippen LogP contribution in [0.5, 0.6) is 0 Å². The molecule has 0 radical (unpaired) electrons. The smallest absolute Gasteiger partial charge is 0.326 e. The van der Waals surface area contributed by atoms with Crippen molar-refractivity contribution in [1.82, 2.24) is 42.5 Å². The molecule has 0 aromatic carbocycles. The Morgan fingerprint density at radius 2 is 0.753 bits per heavy atom. The number of aliphatic carboxylic acids is 1. The van der Waals surface area contributed by atoms with Gasteiger partial charge in [-0.2, -0.15) is 0 Å². The van der Waals surface area contributed by atoms with Gasteiger partial charge in [0.05, 0.1) is 37.7 Å². The second kappa shape index (κ2) is 37.3. The van der Waals surface area contributed by atoms with Crippen LogP contribution in [0.2, 0.25) is 0 Å². The quantitative estimate of drug-likeness (QED) is 0.0154. The van der Waals surface area contributed by atoms with Crippen LogP contribution < -0.4 is 94.1 Å². The topological polar surface area (TPSA) is 624 Å². The Morgan fingerprint density at radius 3 is 1.13 bits per heavy atom. The average molecular weight is 1100 g/mol. The molecular weight excluding hydrogens is 1020 g/mol. The first-order valence-electron chi connectivity index (χ1n) is 24.6. The van der Waals surface area contributed by atoms with E-state index in [0.717, 1.165) is 13.8 Å². The summed E-state index contributed by atoms with van der Waals surface area (Å²) in [4.78, 5) is 151. The number of nitrogens with two attached hydrogens (primary N) is 9. The minimum Gasteiger partial charge on any atom is -0.480 e. The van der Waals surface area contributed by atoms with Crippen molar-refractivity contribution in [3.05, 3.63) is 0 Å². The zero-order valence-corrected chi connectivity index (χ0v) is 43.2. The summed E-state index contributed by atoms with van der Waals surface area (Å²) in [7, 11) is 0. The molecule has 0 fully saturated rings. The minimum absolute atomic E-state index is 0.00654. The van der Waals surface area contributed by atoms with Crippen molar-refractivity contribution in [2.75, 3.05) is 32.8 Å². The maximum absolute atomic E-state index is 13.9. The number of aliphatic hydroxyl groups excluding tert-OH is 3. The van der Waals surface area contributed by atoms with E-state index in [1.165, 1.54) is 0 Å². The second-order valence-corrected chi connectivity index (χ2v) is 17.8. The number of rotatable bonds is 40. The van der Waals surface area contributed by atoms with Crippen molar-refractivity contribution in [3.8, 4) is 0 Å². The lowest BCUT2D eigenvalue weighted by atomic mass is 10.0. The molecule has 34 nitrogen and oxygen atoms in total. The Hall–Kier alpha value is -7.53. The van der Waals surface area contributed by atoms with Gasteiger partial charge in [0.25, 0.3) is 0 Å². The molecule has 0 aromatic rings. The number of amides is 10. The fourth-order valence-electron chi connectivity index (χ4n) is 6.89. The summed E-state index contributed by atoms with van der Waals surface area (Å²) in [5.41, 5.74) is 49.1. The van der Waals surface area contributed by atoms with E-state index in [0.29, 0.717) is 25.7 Å². The SMILES string of the molecule is CC(O)C(NC(=O)C(CO)NC(=O)C(CC(N)=O)NC(=O)C(CCCCN)NC(=O)C(NC(=O)C(CCCCN)NC(=O)C(N)CCCN=C(N)N)C(C)O)C(=O)NC(CC(N)=O)C(=O)NC(CCCN=C(N)N)C(=O)O. The summed E-state index contributed by atoms with van der Waals surface area (Å²) in [6, 6.07) is -15.1. The highest BCUT2D eigenvalue weighted by Gasteiger charge is 2.37. The van der Waals surface area contributed by atoms with Crippen molar-refractivity contribution in [2.24, 2.45) is 61.6 Å². The van der Waals surface area contributed by atoms with E-state index < -0.39 is 151 Å². The Morgan fingerprint density at radius 1 is 0.429 bits per heavy atom. The van der Waals surface area contributed by atoms with Crippen LogP contribution >= 0.6 is 0 Å². The molecule has 30 N–H and O–H groups in total. The molecule has 34 heteroatoms. The van der Waals surface area contributed by atoms with E-state index in [2.05, 4.69) is 52.5 Å². The zero-order chi connectivity index (χ0) is 58.9. The molecule has 0 aliphatic carbocycles.